The van der Waals surface area contributed by atoms with Crippen LogP contribution in [0.25, 0.3) is 64.6 Å². The van der Waals surface area contributed by atoms with Crippen LogP contribution in [0.3, 0.4) is 0 Å². The fraction of sp³-hybridized carbons (Fsp3) is 0.172. The van der Waals surface area contributed by atoms with E-state index in [1.807, 2.05) is 0 Å². The summed E-state index contributed by atoms with van der Waals surface area (Å²) < 4.78 is 4.68. The quantitative estimate of drug-likeness (QED) is 0.240. The van der Waals surface area contributed by atoms with E-state index in [2.05, 4.69) is 77.5 Å². The smallest absolute Gasteiger partial charge is 0.157 e. The van der Waals surface area contributed by atoms with E-state index in [1.165, 1.54) is 64.6 Å². The molecule has 0 amide bonds. The summed E-state index contributed by atoms with van der Waals surface area (Å²) in [7, 11) is 0. The topological polar surface area (TPSA) is 69.9 Å². The minimum absolute atomic E-state index is 0.200. The minimum atomic E-state index is -0.905. The molecule has 8 rings (SSSR count). The number of benzene rings is 7. The lowest BCUT2D eigenvalue weighted by Gasteiger charge is -2.20. The van der Waals surface area contributed by atoms with Crippen LogP contribution in [-0.2, 0) is 4.74 Å². The van der Waals surface area contributed by atoms with Crippen molar-refractivity contribution in [3.05, 3.63) is 72.8 Å². The summed E-state index contributed by atoms with van der Waals surface area (Å²) in [4.78, 5) is 0. The lowest BCUT2D eigenvalue weighted by molar-refractivity contribution is -0.107. The summed E-state index contributed by atoms with van der Waals surface area (Å²) in [5.74, 6) is 0. The highest BCUT2D eigenvalue weighted by Crippen LogP contribution is 2.47. The third kappa shape index (κ3) is 2.61. The first kappa shape index (κ1) is 19.2. The van der Waals surface area contributed by atoms with Crippen LogP contribution in [0, 0.1) is 0 Å². The summed E-state index contributed by atoms with van der Waals surface area (Å²) in [6.45, 7) is -0.238. The van der Waals surface area contributed by atoms with Gasteiger partial charge in [0, 0.05) is 6.42 Å². The Morgan fingerprint density at radius 2 is 0.818 bits per heavy atom. The first-order valence-corrected chi connectivity index (χ1v) is 11.3. The summed E-state index contributed by atoms with van der Waals surface area (Å²) in [5.41, 5.74) is 0. The predicted molar refractivity (Wildman–Crippen MR) is 134 cm³/mol. The molecule has 1 aliphatic rings. The van der Waals surface area contributed by atoms with Crippen LogP contribution in [0.2, 0.25) is 0 Å². The Bertz CT molecular complexity index is 1360. The molecule has 1 fully saturated rings. The molecule has 7 aromatic carbocycles. The average molecular weight is 434 g/mol. The van der Waals surface area contributed by atoms with Crippen LogP contribution >= 0.6 is 0 Å². The first-order chi connectivity index (χ1) is 16.1. The van der Waals surface area contributed by atoms with E-state index in [4.69, 9.17) is 15.3 Å². The highest BCUT2D eigenvalue weighted by molar-refractivity contribution is 6.44. The van der Waals surface area contributed by atoms with Crippen molar-refractivity contribution in [2.75, 3.05) is 6.61 Å². The van der Waals surface area contributed by atoms with E-state index in [9.17, 15) is 0 Å². The standard InChI is InChI=1S/C24H12.C5H10O4/c1-2-14-5-6-16-9-11-18-12-10-17-8-7-15-4-3-13(1)19-20(14)22(16)24(18)23(17)21(15)19;6-2-4-3(7)1-5(8)9-4/h1-12H;3-8H,1-2H2/t;3-,4+,5?/m.0/s1. The van der Waals surface area contributed by atoms with Crippen LogP contribution in [0.1, 0.15) is 6.42 Å². The summed E-state index contributed by atoms with van der Waals surface area (Å²) >= 11 is 0. The maximum Gasteiger partial charge on any atom is 0.157 e. The number of hydrogen-bond acceptors (Lipinski definition) is 4. The normalized spacial score (nSPS) is 21.4. The molecule has 0 radical (unpaired) electrons. The maximum absolute atomic E-state index is 8.91. The van der Waals surface area contributed by atoms with Gasteiger partial charge in [-0.15, -0.1) is 0 Å². The molecule has 1 saturated heterocycles. The van der Waals surface area contributed by atoms with Crippen molar-refractivity contribution in [3.8, 4) is 0 Å². The van der Waals surface area contributed by atoms with Gasteiger partial charge in [-0.1, -0.05) is 72.8 Å². The van der Waals surface area contributed by atoms with Crippen LogP contribution < -0.4 is 0 Å². The van der Waals surface area contributed by atoms with Gasteiger partial charge < -0.3 is 20.1 Å². The highest BCUT2D eigenvalue weighted by atomic mass is 16.6. The van der Waals surface area contributed by atoms with Crippen LogP contribution in [0.15, 0.2) is 72.8 Å². The van der Waals surface area contributed by atoms with E-state index < -0.39 is 18.5 Å². The van der Waals surface area contributed by atoms with E-state index >= 15 is 0 Å². The Morgan fingerprint density at radius 3 is 0.970 bits per heavy atom. The Balaban J connectivity index is 0.000000181. The van der Waals surface area contributed by atoms with E-state index in [0.717, 1.165) is 0 Å². The van der Waals surface area contributed by atoms with Gasteiger partial charge in [-0.05, 0) is 64.6 Å². The molecule has 33 heavy (non-hydrogen) atoms. The van der Waals surface area contributed by atoms with Gasteiger partial charge in [0.1, 0.15) is 6.10 Å². The number of ether oxygens (including phenoxy) is 1. The molecule has 7 aromatic rings. The average Bonchev–Trinajstić information content (AvgIpc) is 3.19. The van der Waals surface area contributed by atoms with Crippen molar-refractivity contribution in [2.45, 2.75) is 24.9 Å². The fourth-order valence-electron chi connectivity index (χ4n) is 5.76. The largest absolute Gasteiger partial charge is 0.394 e. The number of aliphatic hydroxyl groups excluding tert-OH is 3. The molecular weight excluding hydrogens is 412 g/mol. The molecule has 162 valence electrons. The fourth-order valence-corrected chi connectivity index (χ4v) is 5.76. The Hall–Kier alpha value is -3.28. The second kappa shape index (κ2) is 6.86. The molecule has 3 N–H and O–H groups in total. The molecule has 1 aliphatic heterocycles. The molecule has 4 heteroatoms. The minimum Gasteiger partial charge on any atom is -0.394 e. The van der Waals surface area contributed by atoms with E-state index in [-0.39, 0.29) is 13.0 Å². The number of aliphatic hydroxyl groups is 3. The van der Waals surface area contributed by atoms with Crippen molar-refractivity contribution >= 4 is 64.6 Å². The molecule has 0 spiro atoms. The zero-order chi connectivity index (χ0) is 22.3. The van der Waals surface area contributed by atoms with Gasteiger partial charge in [0.15, 0.2) is 6.29 Å². The lowest BCUT2D eigenvalue weighted by Crippen LogP contribution is -2.24. The number of rotatable bonds is 1. The van der Waals surface area contributed by atoms with Gasteiger partial charge in [0.2, 0.25) is 0 Å². The summed E-state index contributed by atoms with van der Waals surface area (Å²) in [6, 6.07) is 27.3. The van der Waals surface area contributed by atoms with Gasteiger partial charge in [-0.3, -0.25) is 0 Å². The second-order valence-corrected chi connectivity index (χ2v) is 9.10. The van der Waals surface area contributed by atoms with Crippen LogP contribution in [0.4, 0.5) is 0 Å². The van der Waals surface area contributed by atoms with Gasteiger partial charge in [0.25, 0.3) is 0 Å². The molecule has 4 nitrogen and oxygen atoms in total. The molecule has 0 bridgehead atoms. The molecule has 0 aliphatic carbocycles. The zero-order valence-electron chi connectivity index (χ0n) is 17.8. The zero-order valence-corrected chi connectivity index (χ0v) is 17.8. The highest BCUT2D eigenvalue weighted by Gasteiger charge is 2.31. The molecule has 1 heterocycles. The van der Waals surface area contributed by atoms with Crippen molar-refractivity contribution < 1.29 is 20.1 Å². The van der Waals surface area contributed by atoms with Crippen molar-refractivity contribution in [2.24, 2.45) is 0 Å². The van der Waals surface area contributed by atoms with Gasteiger partial charge in [-0.2, -0.15) is 0 Å². The van der Waals surface area contributed by atoms with Crippen LogP contribution in [0.5, 0.6) is 0 Å². The Morgan fingerprint density at radius 1 is 0.545 bits per heavy atom. The third-order valence-corrected chi connectivity index (χ3v) is 7.27. The SMILES string of the molecule is OC[C@H]1OC(O)C[C@@H]1O.c1cc2ccc3ccc4ccc5ccc6ccc1c1c2c3c4c5c61. The molecular formula is C29H22O4. The number of hydrogen-bond donors (Lipinski definition) is 3. The van der Waals surface area contributed by atoms with Crippen molar-refractivity contribution in [1.29, 1.82) is 0 Å². The van der Waals surface area contributed by atoms with Gasteiger partial charge in [-0.25, -0.2) is 0 Å². The monoisotopic (exact) mass is 434 g/mol. The van der Waals surface area contributed by atoms with Gasteiger partial charge >= 0.3 is 0 Å². The van der Waals surface area contributed by atoms with Crippen molar-refractivity contribution in [1.82, 2.24) is 0 Å². The molecule has 0 aromatic heterocycles. The lowest BCUT2D eigenvalue weighted by atomic mass is 9.83. The Labute approximate surface area is 189 Å². The van der Waals surface area contributed by atoms with E-state index in [0.29, 0.717) is 0 Å². The van der Waals surface area contributed by atoms with Crippen molar-refractivity contribution in [3.63, 3.8) is 0 Å². The Kier molecular flexibility index (Phi) is 3.99. The van der Waals surface area contributed by atoms with Crippen LogP contribution in [-0.4, -0.2) is 40.4 Å². The first-order valence-electron chi connectivity index (χ1n) is 11.3. The summed E-state index contributed by atoms with van der Waals surface area (Å²) in [5, 5.41) is 42.8. The molecule has 1 unspecified atom stereocenters. The summed E-state index contributed by atoms with van der Waals surface area (Å²) in [6.07, 6.45) is -2.02. The van der Waals surface area contributed by atoms with E-state index in [1.54, 1.807) is 0 Å². The van der Waals surface area contributed by atoms with Gasteiger partial charge in [0.05, 0.1) is 12.7 Å². The third-order valence-electron chi connectivity index (χ3n) is 7.27. The second-order valence-electron chi connectivity index (χ2n) is 9.10. The molecule has 3 atom stereocenters. The predicted octanol–water partition coefficient (Wildman–Crippen LogP) is 5.37. The maximum atomic E-state index is 8.91. The molecule has 0 saturated carbocycles.